The van der Waals surface area contributed by atoms with E-state index in [0.29, 0.717) is 71.7 Å². The average molecular weight is 620 g/mol. The number of aliphatic imine (C=N–C) groups is 1. The van der Waals surface area contributed by atoms with E-state index in [2.05, 4.69) is 0 Å². The number of piperidine rings is 1. The molecule has 44 heavy (non-hydrogen) atoms. The van der Waals surface area contributed by atoms with E-state index in [1.165, 1.54) is 11.8 Å². The Morgan fingerprint density at radius 1 is 0.932 bits per heavy atom. The highest BCUT2D eigenvalue weighted by molar-refractivity contribution is 8.16. The third kappa shape index (κ3) is 6.19. The Bertz CT molecular complexity index is 1500. The van der Waals surface area contributed by atoms with Gasteiger partial charge in [-0.3, -0.25) is 9.59 Å². The summed E-state index contributed by atoms with van der Waals surface area (Å²) in [7, 11) is 3.12. The number of carbonyl (C=O) groups excluding carboxylic acids is 3. The van der Waals surface area contributed by atoms with Crippen molar-refractivity contribution in [2.24, 2.45) is 10.9 Å². The first-order chi connectivity index (χ1) is 21.4. The molecule has 0 aliphatic carbocycles. The van der Waals surface area contributed by atoms with E-state index >= 15 is 0 Å². The maximum atomic E-state index is 13.8. The second kappa shape index (κ2) is 14.0. The van der Waals surface area contributed by atoms with E-state index in [9.17, 15) is 14.4 Å². The molecule has 2 aromatic carbocycles. The Labute approximate surface area is 261 Å². The first-order valence-corrected chi connectivity index (χ1v) is 15.6. The van der Waals surface area contributed by atoms with Gasteiger partial charge < -0.3 is 28.7 Å². The van der Waals surface area contributed by atoms with Crippen molar-refractivity contribution in [1.29, 1.82) is 0 Å². The highest BCUT2D eigenvalue weighted by Gasteiger charge is 2.44. The lowest BCUT2D eigenvalue weighted by Gasteiger charge is -2.38. The quantitative estimate of drug-likeness (QED) is 0.333. The number of amidine groups is 1. The van der Waals surface area contributed by atoms with Crippen LogP contribution in [0.2, 0.25) is 0 Å². The number of benzene rings is 2. The fourth-order valence-electron chi connectivity index (χ4n) is 5.80. The van der Waals surface area contributed by atoms with Gasteiger partial charge in [-0.25, -0.2) is 9.79 Å². The number of esters is 2. The largest absolute Gasteiger partial charge is 0.493 e. The minimum atomic E-state index is -0.717. The summed E-state index contributed by atoms with van der Waals surface area (Å²) in [5.74, 6) is 0.0152. The summed E-state index contributed by atoms with van der Waals surface area (Å²) in [6.45, 7) is 5.03. The summed E-state index contributed by atoms with van der Waals surface area (Å²) < 4.78 is 22.3. The van der Waals surface area contributed by atoms with Crippen LogP contribution in [0.4, 0.5) is 0 Å². The Balaban J connectivity index is 1.54. The molecular weight excluding hydrogens is 582 g/mol. The molecule has 1 saturated heterocycles. The van der Waals surface area contributed by atoms with Crippen LogP contribution < -0.4 is 9.47 Å². The lowest BCUT2D eigenvalue weighted by molar-refractivity contribution is -0.151. The summed E-state index contributed by atoms with van der Waals surface area (Å²) in [4.78, 5) is 48.4. The second-order valence-corrected chi connectivity index (χ2v) is 11.2. The van der Waals surface area contributed by atoms with Gasteiger partial charge in [0.05, 0.1) is 57.1 Å². The van der Waals surface area contributed by atoms with Crippen LogP contribution in [0.3, 0.4) is 0 Å². The molecule has 0 aromatic heterocycles. The molecule has 3 aliphatic rings. The lowest BCUT2D eigenvalue weighted by Crippen LogP contribution is -2.42. The summed E-state index contributed by atoms with van der Waals surface area (Å²) >= 11 is 1.40. The van der Waals surface area contributed by atoms with Gasteiger partial charge in [0.1, 0.15) is 0 Å². The molecule has 0 unspecified atom stereocenters. The minimum absolute atomic E-state index is 0.0627. The van der Waals surface area contributed by atoms with Gasteiger partial charge in [-0.2, -0.15) is 0 Å². The van der Waals surface area contributed by atoms with Gasteiger partial charge in [-0.1, -0.05) is 54.2 Å². The van der Waals surface area contributed by atoms with Crippen molar-refractivity contribution in [3.63, 3.8) is 0 Å². The molecule has 1 amide bonds. The highest BCUT2D eigenvalue weighted by atomic mass is 32.2. The minimum Gasteiger partial charge on any atom is -0.493 e. The number of ether oxygens (including phenoxy) is 4. The Morgan fingerprint density at radius 2 is 1.66 bits per heavy atom. The number of amides is 1. The number of likely N-dealkylation sites (tertiary alicyclic amines) is 1. The SMILES string of the molecule is CCOC(=O)C1=C(c2ccccc2)N=C2SC=C(CC(=O)N3CCC(C(=O)OCC)CC3)N2[C@@H]1c1cccc(OC)c1OC. The molecule has 0 saturated carbocycles. The monoisotopic (exact) mass is 619 g/mol. The van der Waals surface area contributed by atoms with E-state index < -0.39 is 12.0 Å². The zero-order valence-corrected chi connectivity index (χ0v) is 26.2. The standard InChI is InChI=1S/C33H37N3O7S/c1-5-42-31(38)22-15-17-35(18-16-22)26(37)19-23-20-44-33-34-28(21-11-8-7-9-12-21)27(32(39)43-6-2)29(36(23)33)24-13-10-14-25(40-3)30(24)41-4/h7-14,20,22,29H,5-6,15-19H2,1-4H3/t29-/m1/s1. The normalized spacial score (nSPS) is 18.3. The van der Waals surface area contributed by atoms with Crippen LogP contribution in [0, 0.1) is 5.92 Å². The Kier molecular flexibility index (Phi) is 9.94. The number of fused-ring (bicyclic) bond motifs is 1. The molecule has 0 N–H and O–H groups in total. The summed E-state index contributed by atoms with van der Waals surface area (Å²) in [5.41, 5.74) is 2.98. The summed E-state index contributed by atoms with van der Waals surface area (Å²) in [6, 6.07) is 14.3. The zero-order valence-electron chi connectivity index (χ0n) is 25.4. The maximum Gasteiger partial charge on any atom is 0.338 e. The zero-order chi connectivity index (χ0) is 31.2. The average Bonchev–Trinajstić information content (AvgIpc) is 3.46. The van der Waals surface area contributed by atoms with Gasteiger partial charge in [-0.15, -0.1) is 0 Å². The Hall–Kier alpha value is -4.25. The third-order valence-electron chi connectivity index (χ3n) is 7.88. The van der Waals surface area contributed by atoms with Crippen LogP contribution in [-0.4, -0.2) is 73.3 Å². The van der Waals surface area contributed by atoms with Crippen LogP contribution >= 0.6 is 11.8 Å². The van der Waals surface area contributed by atoms with E-state index in [1.54, 1.807) is 39.0 Å². The molecule has 0 bridgehead atoms. The second-order valence-electron chi connectivity index (χ2n) is 10.4. The number of nitrogens with zero attached hydrogens (tertiary/aromatic N) is 3. The van der Waals surface area contributed by atoms with Crippen LogP contribution in [0.5, 0.6) is 11.5 Å². The summed E-state index contributed by atoms with van der Waals surface area (Å²) in [6.07, 6.45) is 1.22. The van der Waals surface area contributed by atoms with Gasteiger partial charge in [0.15, 0.2) is 16.7 Å². The van der Waals surface area contributed by atoms with E-state index in [4.69, 9.17) is 23.9 Å². The maximum absolute atomic E-state index is 13.8. The highest BCUT2D eigenvalue weighted by Crippen LogP contribution is 2.50. The van der Waals surface area contributed by atoms with Gasteiger partial charge >= 0.3 is 11.9 Å². The van der Waals surface area contributed by atoms with Gasteiger partial charge in [0.2, 0.25) is 5.91 Å². The lowest BCUT2D eigenvalue weighted by atomic mass is 9.90. The van der Waals surface area contributed by atoms with Crippen LogP contribution in [0.15, 0.2) is 70.2 Å². The van der Waals surface area contributed by atoms with Crippen LogP contribution in [-0.2, 0) is 23.9 Å². The van der Waals surface area contributed by atoms with Crippen LogP contribution in [0.1, 0.15) is 50.3 Å². The van der Waals surface area contributed by atoms with Gasteiger partial charge in [0.25, 0.3) is 0 Å². The number of thioether (sulfide) groups is 1. The number of hydrogen-bond acceptors (Lipinski definition) is 10. The summed E-state index contributed by atoms with van der Waals surface area (Å²) in [5, 5.41) is 2.55. The molecule has 0 spiro atoms. The number of hydrogen-bond donors (Lipinski definition) is 0. The molecular formula is C33H37N3O7S. The number of methoxy groups -OCH3 is 2. The molecule has 11 heteroatoms. The first-order valence-electron chi connectivity index (χ1n) is 14.8. The molecule has 10 nitrogen and oxygen atoms in total. The molecule has 1 fully saturated rings. The molecule has 2 aromatic rings. The van der Waals surface area contributed by atoms with E-state index in [-0.39, 0.29) is 30.8 Å². The number of rotatable bonds is 10. The smallest absolute Gasteiger partial charge is 0.338 e. The predicted octanol–water partition coefficient (Wildman–Crippen LogP) is 5.17. The molecule has 5 rings (SSSR count). The van der Waals surface area contributed by atoms with E-state index in [1.807, 2.05) is 52.8 Å². The molecule has 3 aliphatic heterocycles. The molecule has 232 valence electrons. The van der Waals surface area contributed by atoms with Crippen molar-refractivity contribution in [2.75, 3.05) is 40.5 Å². The van der Waals surface area contributed by atoms with Crippen molar-refractivity contribution in [3.05, 3.63) is 76.3 Å². The Morgan fingerprint density at radius 3 is 2.32 bits per heavy atom. The van der Waals surface area contributed by atoms with Crippen molar-refractivity contribution in [2.45, 2.75) is 39.2 Å². The van der Waals surface area contributed by atoms with Crippen molar-refractivity contribution in [1.82, 2.24) is 9.80 Å². The van der Waals surface area contributed by atoms with Crippen molar-refractivity contribution < 1.29 is 33.3 Å². The third-order valence-corrected chi connectivity index (χ3v) is 8.77. The molecule has 1 atom stereocenters. The number of carbonyl (C=O) groups is 3. The van der Waals surface area contributed by atoms with Gasteiger partial charge in [0, 0.05) is 29.9 Å². The first kappa shape index (κ1) is 31.2. The fraction of sp³-hybridized carbons (Fsp3) is 0.394. The fourth-order valence-corrected chi connectivity index (χ4v) is 6.72. The van der Waals surface area contributed by atoms with E-state index in [0.717, 1.165) is 5.56 Å². The number of para-hydroxylation sites is 1. The predicted molar refractivity (Wildman–Crippen MR) is 168 cm³/mol. The molecule has 0 radical (unpaired) electrons. The van der Waals surface area contributed by atoms with Crippen molar-refractivity contribution >= 4 is 40.5 Å². The van der Waals surface area contributed by atoms with Gasteiger partial charge in [-0.05, 0) is 38.2 Å². The van der Waals surface area contributed by atoms with Crippen LogP contribution in [0.25, 0.3) is 5.70 Å². The molecule has 3 heterocycles. The topological polar surface area (TPSA) is 107 Å². The van der Waals surface area contributed by atoms with Crippen molar-refractivity contribution in [3.8, 4) is 11.5 Å².